The molecule has 0 fully saturated rings. The summed E-state index contributed by atoms with van der Waals surface area (Å²) in [5, 5.41) is 17.6. The fourth-order valence-corrected chi connectivity index (χ4v) is 3.69. The third-order valence-electron chi connectivity index (χ3n) is 5.17. The Morgan fingerprint density at radius 1 is 1.17 bits per heavy atom. The third kappa shape index (κ3) is 7.27. The van der Waals surface area contributed by atoms with Gasteiger partial charge in [-0.3, -0.25) is 14.7 Å². The van der Waals surface area contributed by atoms with Crippen LogP contribution in [0, 0.1) is 5.92 Å². The number of ether oxygens (including phenoxy) is 1. The summed E-state index contributed by atoms with van der Waals surface area (Å²) in [6, 6.07) is 13.9. The Balaban J connectivity index is 1.79. The normalized spacial score (nSPS) is 13.3. The van der Waals surface area contributed by atoms with E-state index in [4.69, 9.17) is 16.3 Å². The van der Waals surface area contributed by atoms with Gasteiger partial charge in [-0.25, -0.2) is 0 Å². The minimum absolute atomic E-state index is 0.0263. The van der Waals surface area contributed by atoms with Crippen molar-refractivity contribution in [1.29, 1.82) is 0 Å². The number of aromatic nitrogens is 3. The van der Waals surface area contributed by atoms with Gasteiger partial charge < -0.3 is 15.2 Å². The Hall–Kier alpha value is -3.44. The average molecular weight is 511 g/mol. The first-order chi connectivity index (χ1) is 16.6. The van der Waals surface area contributed by atoms with Crippen LogP contribution >= 0.6 is 11.6 Å². The van der Waals surface area contributed by atoms with Gasteiger partial charge in [0.2, 0.25) is 11.6 Å². The van der Waals surface area contributed by atoms with Crippen LogP contribution < -0.4 is 5.32 Å². The Kier molecular flexibility index (Phi) is 8.47. The van der Waals surface area contributed by atoms with Gasteiger partial charge in [-0.15, -0.1) is 5.10 Å². The first-order valence-corrected chi connectivity index (χ1v) is 10.8. The highest BCUT2D eigenvalue weighted by Crippen LogP contribution is 2.26. The number of carboxylic acid groups (broad SMARTS) is 1. The fourth-order valence-electron chi connectivity index (χ4n) is 3.50. The van der Waals surface area contributed by atoms with Gasteiger partial charge in [0.15, 0.2) is 0 Å². The molecular formula is C23H22ClF3N4O4. The van der Waals surface area contributed by atoms with E-state index in [2.05, 4.69) is 15.4 Å². The van der Waals surface area contributed by atoms with Crippen molar-refractivity contribution in [2.75, 3.05) is 13.7 Å². The predicted octanol–water partition coefficient (Wildman–Crippen LogP) is 4.22. The minimum atomic E-state index is -4.79. The van der Waals surface area contributed by atoms with Crippen molar-refractivity contribution in [2.24, 2.45) is 5.92 Å². The maximum Gasteiger partial charge on any atom is 0.451 e. The lowest BCUT2D eigenvalue weighted by Gasteiger charge is -2.22. The van der Waals surface area contributed by atoms with E-state index in [1.54, 1.807) is 11.2 Å². The maximum absolute atomic E-state index is 12.8. The zero-order chi connectivity index (χ0) is 25.6. The summed E-state index contributed by atoms with van der Waals surface area (Å²) in [6.07, 6.45) is -4.60. The molecule has 1 heterocycles. The van der Waals surface area contributed by atoms with E-state index >= 15 is 0 Å². The molecule has 0 saturated carbocycles. The zero-order valence-electron chi connectivity index (χ0n) is 18.5. The molecule has 35 heavy (non-hydrogen) atoms. The van der Waals surface area contributed by atoms with Crippen LogP contribution in [0.2, 0.25) is 5.02 Å². The van der Waals surface area contributed by atoms with E-state index in [0.29, 0.717) is 5.02 Å². The number of nitrogens with one attached hydrogen (secondary N) is 2. The van der Waals surface area contributed by atoms with Crippen LogP contribution in [0.15, 0.2) is 48.5 Å². The largest absolute Gasteiger partial charge is 0.481 e. The molecule has 1 amide bonds. The second-order valence-corrected chi connectivity index (χ2v) is 8.25. The van der Waals surface area contributed by atoms with Crippen molar-refractivity contribution in [3.63, 3.8) is 0 Å². The van der Waals surface area contributed by atoms with Crippen molar-refractivity contribution in [2.45, 2.75) is 25.1 Å². The number of amides is 1. The number of halogens is 4. The van der Waals surface area contributed by atoms with Gasteiger partial charge in [-0.1, -0.05) is 48.0 Å². The van der Waals surface area contributed by atoms with Gasteiger partial charge in [-0.05, 0) is 41.7 Å². The lowest BCUT2D eigenvalue weighted by molar-refractivity contribution is -0.145. The second kappa shape index (κ2) is 11.3. The summed E-state index contributed by atoms with van der Waals surface area (Å²) in [4.78, 5) is 27.4. The molecule has 0 aliphatic carbocycles. The Morgan fingerprint density at radius 3 is 2.46 bits per heavy atom. The van der Waals surface area contributed by atoms with Crippen LogP contribution in [0.25, 0.3) is 11.1 Å². The Labute approximate surface area is 203 Å². The van der Waals surface area contributed by atoms with Crippen molar-refractivity contribution >= 4 is 23.5 Å². The van der Waals surface area contributed by atoms with E-state index in [9.17, 15) is 27.9 Å². The number of aromatic amines is 1. The number of carbonyl (C=O) groups is 2. The molecule has 3 N–H and O–H groups in total. The number of hydrogen-bond donors (Lipinski definition) is 3. The summed E-state index contributed by atoms with van der Waals surface area (Å²) < 4.78 is 43.3. The van der Waals surface area contributed by atoms with Crippen molar-refractivity contribution in [3.05, 3.63) is 70.8 Å². The van der Waals surface area contributed by atoms with Gasteiger partial charge in [-0.2, -0.15) is 18.2 Å². The smallest absolute Gasteiger partial charge is 0.451 e. The minimum Gasteiger partial charge on any atom is -0.481 e. The number of methoxy groups -OCH3 is 1. The molecule has 12 heteroatoms. The van der Waals surface area contributed by atoms with Gasteiger partial charge in [0.25, 0.3) is 5.91 Å². The number of hydrogen-bond acceptors (Lipinski definition) is 5. The molecule has 0 radical (unpaired) electrons. The molecule has 2 unspecified atom stereocenters. The summed E-state index contributed by atoms with van der Waals surface area (Å²) in [5.41, 5.74) is 2.58. The predicted molar refractivity (Wildman–Crippen MR) is 121 cm³/mol. The van der Waals surface area contributed by atoms with Crippen LogP contribution in [0.4, 0.5) is 13.2 Å². The molecule has 0 aliphatic rings. The van der Waals surface area contributed by atoms with Crippen LogP contribution in [0.1, 0.15) is 28.4 Å². The quantitative estimate of drug-likeness (QED) is 0.376. The van der Waals surface area contributed by atoms with Crippen LogP contribution in [0.5, 0.6) is 0 Å². The van der Waals surface area contributed by atoms with Crippen molar-refractivity contribution in [1.82, 2.24) is 20.5 Å². The number of benzene rings is 2. The molecule has 0 aliphatic heterocycles. The number of carbonyl (C=O) groups excluding carboxylic acids is 1. The van der Waals surface area contributed by atoms with Crippen LogP contribution in [0.3, 0.4) is 0 Å². The van der Waals surface area contributed by atoms with E-state index < -0.39 is 41.7 Å². The van der Waals surface area contributed by atoms with Gasteiger partial charge in [0, 0.05) is 18.2 Å². The number of nitrogens with zero attached hydrogens (tertiary/aromatic N) is 2. The Morgan fingerprint density at radius 2 is 1.89 bits per heavy atom. The summed E-state index contributed by atoms with van der Waals surface area (Å²) in [7, 11) is 1.35. The first kappa shape index (κ1) is 26.2. The number of rotatable bonds is 10. The maximum atomic E-state index is 12.8. The molecule has 0 saturated heterocycles. The van der Waals surface area contributed by atoms with E-state index in [-0.39, 0.29) is 19.4 Å². The molecule has 8 nitrogen and oxygen atoms in total. The molecule has 3 rings (SSSR count). The molecule has 3 aromatic rings. The third-order valence-corrected chi connectivity index (χ3v) is 5.41. The average Bonchev–Trinajstić information content (AvgIpc) is 3.30. The van der Waals surface area contributed by atoms with E-state index in [1.165, 1.54) is 7.11 Å². The van der Waals surface area contributed by atoms with Crippen LogP contribution in [-0.4, -0.2) is 51.9 Å². The lowest BCUT2D eigenvalue weighted by atomic mass is 9.94. The van der Waals surface area contributed by atoms with Crippen molar-refractivity contribution < 1.29 is 32.6 Å². The number of carboxylic acids is 1. The summed E-state index contributed by atoms with van der Waals surface area (Å²) in [5.74, 6) is -5.14. The lowest BCUT2D eigenvalue weighted by Crippen LogP contribution is -2.40. The van der Waals surface area contributed by atoms with Gasteiger partial charge >= 0.3 is 12.1 Å². The molecule has 186 valence electrons. The topological polar surface area (TPSA) is 117 Å². The molecule has 0 bridgehead atoms. The van der Waals surface area contributed by atoms with Crippen molar-refractivity contribution in [3.8, 4) is 11.1 Å². The molecule has 1 aromatic heterocycles. The number of alkyl halides is 3. The number of H-pyrrole nitrogens is 1. The summed E-state index contributed by atoms with van der Waals surface area (Å²) in [6.45, 7) is -0.103. The molecule has 0 spiro atoms. The highest BCUT2D eigenvalue weighted by Gasteiger charge is 2.36. The molecular weight excluding hydrogens is 489 g/mol. The highest BCUT2D eigenvalue weighted by molar-refractivity contribution is 6.30. The zero-order valence-corrected chi connectivity index (χ0v) is 19.2. The second-order valence-electron chi connectivity index (χ2n) is 7.81. The summed E-state index contributed by atoms with van der Waals surface area (Å²) >= 11 is 6.05. The first-order valence-electron chi connectivity index (χ1n) is 10.4. The monoisotopic (exact) mass is 510 g/mol. The highest BCUT2D eigenvalue weighted by atomic mass is 35.5. The fraction of sp³-hybridized carbons (Fsp3) is 0.304. The van der Waals surface area contributed by atoms with E-state index in [0.717, 1.165) is 16.7 Å². The van der Waals surface area contributed by atoms with Crippen LogP contribution in [-0.2, 0) is 22.1 Å². The SMILES string of the molecule is COCC(CC(Cc1ccc(-c2cccc(Cl)c2)cc1)NC(=O)c1n[nH]c(C(F)(F)F)n1)C(=O)O. The number of aliphatic carboxylic acids is 1. The Bertz CT molecular complexity index is 1170. The van der Waals surface area contributed by atoms with Gasteiger partial charge in [0.1, 0.15) is 0 Å². The standard InChI is InChI=1S/C23H22ClF3N4O4/c1-35-12-16(21(33)34)11-18(28-20(32)19-29-22(31-30-19)23(25,26)27)9-13-5-7-14(8-6-13)15-3-2-4-17(24)10-15/h2-8,10,16,18H,9,11-12H2,1H3,(H,28,32)(H,33,34)(H,29,30,31). The van der Waals surface area contributed by atoms with E-state index in [1.807, 2.05) is 42.5 Å². The molecule has 2 aromatic carbocycles. The molecule has 2 atom stereocenters. The van der Waals surface area contributed by atoms with Gasteiger partial charge in [0.05, 0.1) is 12.5 Å².